The van der Waals surface area contributed by atoms with E-state index in [2.05, 4.69) is 0 Å². The molecule has 0 saturated carbocycles. The molecule has 120 valence electrons. The maximum atomic E-state index is 12.0. The highest BCUT2D eigenvalue weighted by molar-refractivity contribution is 6.31. The summed E-state index contributed by atoms with van der Waals surface area (Å²) in [5.41, 5.74) is 0.951. The first-order chi connectivity index (χ1) is 11.6. The molecule has 3 rings (SSSR count). The van der Waals surface area contributed by atoms with E-state index in [9.17, 15) is 9.59 Å². The molecule has 0 atom stereocenters. The third kappa shape index (κ3) is 3.73. The Morgan fingerprint density at radius 2 is 1.92 bits per heavy atom. The van der Waals surface area contributed by atoms with Crippen LogP contribution in [0.15, 0.2) is 69.9 Å². The molecule has 0 aliphatic heterocycles. The molecule has 0 saturated heterocycles. The highest BCUT2D eigenvalue weighted by Crippen LogP contribution is 2.18. The zero-order valence-corrected chi connectivity index (χ0v) is 13.3. The largest absolute Gasteiger partial charge is 0.456 e. The summed E-state index contributed by atoms with van der Waals surface area (Å²) in [7, 11) is 0. The first-order valence-electron chi connectivity index (χ1n) is 7.25. The fourth-order valence-corrected chi connectivity index (χ4v) is 2.34. The van der Waals surface area contributed by atoms with E-state index in [0.717, 1.165) is 11.6 Å². The number of halogens is 1. The number of carbonyl (C=O) groups excluding carboxylic acids is 1. The first kappa shape index (κ1) is 16.0. The number of carbonyl (C=O) groups is 1. The van der Waals surface area contributed by atoms with Crippen molar-refractivity contribution in [3.63, 3.8) is 0 Å². The smallest absolute Gasteiger partial charge is 0.374 e. The molecular formula is C19H13ClO4. The van der Waals surface area contributed by atoms with Gasteiger partial charge in [0.05, 0.1) is 5.39 Å². The van der Waals surface area contributed by atoms with Crippen LogP contribution in [0.1, 0.15) is 16.1 Å². The molecule has 0 radical (unpaired) electrons. The van der Waals surface area contributed by atoms with Gasteiger partial charge in [-0.1, -0.05) is 48.0 Å². The zero-order valence-electron chi connectivity index (χ0n) is 12.6. The van der Waals surface area contributed by atoms with Crippen molar-refractivity contribution in [2.45, 2.75) is 0 Å². The predicted octanol–water partition coefficient (Wildman–Crippen LogP) is 4.32. The summed E-state index contributed by atoms with van der Waals surface area (Å²) < 4.78 is 10.5. The van der Waals surface area contributed by atoms with Crippen molar-refractivity contribution < 1.29 is 13.9 Å². The minimum atomic E-state index is -0.693. The van der Waals surface area contributed by atoms with Crippen molar-refractivity contribution in [2.24, 2.45) is 0 Å². The molecular weight excluding hydrogens is 328 g/mol. The van der Waals surface area contributed by atoms with Gasteiger partial charge >= 0.3 is 5.97 Å². The molecule has 0 fully saturated rings. The van der Waals surface area contributed by atoms with Crippen LogP contribution >= 0.6 is 11.6 Å². The van der Waals surface area contributed by atoms with E-state index < -0.39 is 5.97 Å². The van der Waals surface area contributed by atoms with Gasteiger partial charge < -0.3 is 9.15 Å². The molecule has 0 unspecified atom stereocenters. The van der Waals surface area contributed by atoms with Gasteiger partial charge in [0.1, 0.15) is 12.2 Å². The lowest BCUT2D eigenvalue weighted by molar-refractivity contribution is 0.0514. The van der Waals surface area contributed by atoms with Gasteiger partial charge in [0.25, 0.3) is 0 Å². The van der Waals surface area contributed by atoms with Crippen molar-refractivity contribution in [1.82, 2.24) is 0 Å². The van der Waals surface area contributed by atoms with E-state index in [0.29, 0.717) is 16.0 Å². The van der Waals surface area contributed by atoms with Gasteiger partial charge in [-0.05, 0) is 29.8 Å². The van der Waals surface area contributed by atoms with Crippen LogP contribution in [0.3, 0.4) is 0 Å². The lowest BCUT2D eigenvalue weighted by Crippen LogP contribution is -2.10. The van der Waals surface area contributed by atoms with Crippen molar-refractivity contribution in [3.05, 3.63) is 87.2 Å². The van der Waals surface area contributed by atoms with Crippen molar-refractivity contribution in [3.8, 4) is 0 Å². The Balaban J connectivity index is 1.71. The molecule has 0 aliphatic carbocycles. The highest BCUT2D eigenvalue weighted by atomic mass is 35.5. The van der Waals surface area contributed by atoms with E-state index in [-0.39, 0.29) is 17.8 Å². The number of benzene rings is 2. The second-order valence-corrected chi connectivity index (χ2v) is 5.46. The molecule has 3 aromatic rings. The minimum Gasteiger partial charge on any atom is -0.456 e. The van der Waals surface area contributed by atoms with E-state index in [4.69, 9.17) is 20.8 Å². The topological polar surface area (TPSA) is 56.5 Å². The summed E-state index contributed by atoms with van der Waals surface area (Å²) >= 11 is 5.85. The number of hydrogen-bond acceptors (Lipinski definition) is 4. The molecule has 0 amide bonds. The lowest BCUT2D eigenvalue weighted by Gasteiger charge is -2.03. The van der Waals surface area contributed by atoms with E-state index in [1.807, 2.05) is 36.4 Å². The third-order valence-corrected chi connectivity index (χ3v) is 3.55. The molecule has 1 heterocycles. The highest BCUT2D eigenvalue weighted by Gasteiger charge is 2.13. The van der Waals surface area contributed by atoms with Gasteiger partial charge in [0.2, 0.25) is 5.76 Å². The van der Waals surface area contributed by atoms with Crippen LogP contribution in [0.5, 0.6) is 0 Å². The first-order valence-corrected chi connectivity index (χ1v) is 7.63. The fourth-order valence-electron chi connectivity index (χ4n) is 2.17. The van der Waals surface area contributed by atoms with Crippen molar-refractivity contribution >= 4 is 34.6 Å². The number of rotatable bonds is 4. The van der Waals surface area contributed by atoms with Crippen LogP contribution in [-0.2, 0) is 4.74 Å². The zero-order chi connectivity index (χ0) is 16.9. The van der Waals surface area contributed by atoms with Gasteiger partial charge in [0.15, 0.2) is 5.43 Å². The molecule has 0 N–H and O–H groups in total. The van der Waals surface area contributed by atoms with Crippen LogP contribution in [0.4, 0.5) is 0 Å². The van der Waals surface area contributed by atoms with Crippen molar-refractivity contribution in [2.75, 3.05) is 6.61 Å². The molecule has 2 aromatic carbocycles. The van der Waals surface area contributed by atoms with E-state index in [1.165, 1.54) is 6.07 Å². The van der Waals surface area contributed by atoms with Crippen LogP contribution < -0.4 is 5.43 Å². The number of fused-ring (bicyclic) bond motifs is 1. The molecule has 0 aliphatic rings. The quantitative estimate of drug-likeness (QED) is 0.664. The summed E-state index contributed by atoms with van der Waals surface area (Å²) in [6.07, 6.45) is 3.55. The summed E-state index contributed by atoms with van der Waals surface area (Å²) in [6, 6.07) is 15.4. The van der Waals surface area contributed by atoms with Gasteiger partial charge in [-0.3, -0.25) is 4.79 Å². The molecule has 1 aromatic heterocycles. The van der Waals surface area contributed by atoms with Crippen LogP contribution in [0.25, 0.3) is 17.0 Å². The Morgan fingerprint density at radius 1 is 1.12 bits per heavy atom. The van der Waals surface area contributed by atoms with Crippen molar-refractivity contribution in [1.29, 1.82) is 0 Å². The van der Waals surface area contributed by atoms with E-state index >= 15 is 0 Å². The number of ether oxygens (including phenoxy) is 1. The van der Waals surface area contributed by atoms with Crippen LogP contribution in [0, 0.1) is 0 Å². The summed E-state index contributed by atoms with van der Waals surface area (Å²) in [5, 5.41) is 0.749. The second-order valence-electron chi connectivity index (χ2n) is 5.03. The lowest BCUT2D eigenvalue weighted by atomic mass is 10.2. The van der Waals surface area contributed by atoms with Gasteiger partial charge in [0, 0.05) is 11.1 Å². The summed E-state index contributed by atoms with van der Waals surface area (Å²) in [5.74, 6) is -0.829. The van der Waals surface area contributed by atoms with E-state index in [1.54, 1.807) is 18.2 Å². The Kier molecular flexibility index (Phi) is 4.77. The van der Waals surface area contributed by atoms with Gasteiger partial charge in [-0.25, -0.2) is 4.79 Å². The van der Waals surface area contributed by atoms with Gasteiger partial charge in [-0.15, -0.1) is 0 Å². The second kappa shape index (κ2) is 7.15. The number of esters is 1. The predicted molar refractivity (Wildman–Crippen MR) is 93.3 cm³/mol. The van der Waals surface area contributed by atoms with Crippen LogP contribution in [0.2, 0.25) is 5.02 Å². The normalized spacial score (nSPS) is 11.0. The third-order valence-electron chi connectivity index (χ3n) is 3.31. The van der Waals surface area contributed by atoms with Gasteiger partial charge in [-0.2, -0.15) is 0 Å². The molecule has 0 spiro atoms. The average molecular weight is 341 g/mol. The SMILES string of the molecule is O=C(OC/C=C/c1ccccc1)c1cc(=O)c2cc(Cl)ccc2o1. The Hall–Kier alpha value is -2.85. The molecule has 4 nitrogen and oxygen atoms in total. The fraction of sp³-hybridized carbons (Fsp3) is 0.0526. The monoisotopic (exact) mass is 340 g/mol. The summed E-state index contributed by atoms with van der Waals surface area (Å²) in [4.78, 5) is 24.0. The van der Waals surface area contributed by atoms with Crippen LogP contribution in [-0.4, -0.2) is 12.6 Å². The maximum Gasteiger partial charge on any atom is 0.374 e. The molecule has 5 heteroatoms. The Labute approximate surface area is 142 Å². The standard InChI is InChI=1S/C19H13ClO4/c20-14-8-9-17-15(11-14)16(21)12-18(24-17)19(22)23-10-4-7-13-5-2-1-3-6-13/h1-9,11-12H,10H2/b7-4+. The average Bonchev–Trinajstić information content (AvgIpc) is 2.60. The molecule has 0 bridgehead atoms. The number of hydrogen-bond donors (Lipinski definition) is 0. The maximum absolute atomic E-state index is 12.0. The Morgan fingerprint density at radius 3 is 2.71 bits per heavy atom. The summed E-state index contributed by atoms with van der Waals surface area (Å²) in [6.45, 7) is 0.0795. The molecule has 24 heavy (non-hydrogen) atoms. The Bertz CT molecular complexity index is 958. The minimum absolute atomic E-state index is 0.0795.